The van der Waals surface area contributed by atoms with Gasteiger partial charge in [-0.05, 0) is 24.9 Å². The summed E-state index contributed by atoms with van der Waals surface area (Å²) in [6.07, 6.45) is 0. The summed E-state index contributed by atoms with van der Waals surface area (Å²) >= 11 is 0. The third kappa shape index (κ3) is 5.21. The lowest BCUT2D eigenvalue weighted by atomic mass is 9.89. The zero-order valence-corrected chi connectivity index (χ0v) is 14.6. The van der Waals surface area contributed by atoms with Crippen LogP contribution in [0.2, 0.25) is 0 Å². The summed E-state index contributed by atoms with van der Waals surface area (Å²) in [6.45, 7) is 5.39. The van der Waals surface area contributed by atoms with Crippen LogP contribution >= 0.6 is 12.4 Å². The lowest BCUT2D eigenvalue weighted by Crippen LogP contribution is -2.35. The molecule has 0 spiro atoms. The Morgan fingerprint density at radius 2 is 1.95 bits per heavy atom. The van der Waals surface area contributed by atoms with Gasteiger partial charge < -0.3 is 10.6 Å². The lowest BCUT2D eigenvalue weighted by Gasteiger charge is -2.17. The fourth-order valence-electron chi connectivity index (χ4n) is 2.92. The van der Waals surface area contributed by atoms with Crippen LogP contribution in [0.25, 0.3) is 0 Å². The van der Waals surface area contributed by atoms with Crippen LogP contribution in [0.1, 0.15) is 18.4 Å². The first-order valence-corrected chi connectivity index (χ1v) is 9.15. The molecule has 1 aromatic rings. The third-order valence-electron chi connectivity index (χ3n) is 4.18. The second kappa shape index (κ2) is 8.84. The maximum Gasteiger partial charge on any atom is 0.211 e. The van der Waals surface area contributed by atoms with Crippen molar-refractivity contribution in [3.63, 3.8) is 0 Å². The molecule has 0 bridgehead atoms. The minimum Gasteiger partial charge on any atom is -0.330 e. The van der Waals surface area contributed by atoms with E-state index in [1.165, 1.54) is 5.56 Å². The van der Waals surface area contributed by atoms with Gasteiger partial charge in [0, 0.05) is 32.1 Å². The van der Waals surface area contributed by atoms with E-state index in [2.05, 4.69) is 33.9 Å². The fraction of sp³-hybridized carbons (Fsp3) is 0.600. The van der Waals surface area contributed by atoms with Crippen molar-refractivity contribution in [2.24, 2.45) is 11.7 Å². The van der Waals surface area contributed by atoms with Gasteiger partial charge in [-0.15, -0.1) is 12.4 Å². The van der Waals surface area contributed by atoms with Gasteiger partial charge in [-0.25, -0.2) is 13.1 Å². The quantitative estimate of drug-likeness (QED) is 0.772. The molecule has 1 aliphatic heterocycles. The topological polar surface area (TPSA) is 75.4 Å². The molecule has 0 amide bonds. The first-order chi connectivity index (χ1) is 10.1. The Labute approximate surface area is 139 Å². The predicted molar refractivity (Wildman–Crippen MR) is 92.9 cm³/mol. The number of rotatable bonds is 7. The van der Waals surface area contributed by atoms with E-state index in [1.54, 1.807) is 6.92 Å². The number of halogens is 1. The summed E-state index contributed by atoms with van der Waals surface area (Å²) in [4.78, 5) is 2.30. The summed E-state index contributed by atoms with van der Waals surface area (Å²) in [5.41, 5.74) is 7.23. The van der Waals surface area contributed by atoms with Crippen molar-refractivity contribution in [1.82, 2.24) is 9.62 Å². The average molecular weight is 348 g/mol. The smallest absolute Gasteiger partial charge is 0.211 e. The van der Waals surface area contributed by atoms with E-state index in [0.29, 0.717) is 24.9 Å². The van der Waals surface area contributed by atoms with Gasteiger partial charge in [-0.3, -0.25) is 0 Å². The molecule has 2 rings (SSSR count). The molecule has 5 nitrogen and oxygen atoms in total. The Balaban J connectivity index is 0.00000242. The van der Waals surface area contributed by atoms with Gasteiger partial charge in [-0.1, -0.05) is 30.3 Å². The average Bonchev–Trinajstić information content (AvgIpc) is 2.91. The van der Waals surface area contributed by atoms with Crippen molar-refractivity contribution in [3.8, 4) is 0 Å². The van der Waals surface area contributed by atoms with Gasteiger partial charge in [0.05, 0.1) is 5.75 Å². The van der Waals surface area contributed by atoms with E-state index in [-0.39, 0.29) is 18.2 Å². The molecular formula is C15H26ClN3O2S. The Hall–Kier alpha value is -0.660. The molecule has 1 aromatic carbocycles. The van der Waals surface area contributed by atoms with Crippen LogP contribution in [0.4, 0.5) is 0 Å². The molecule has 1 aliphatic rings. The largest absolute Gasteiger partial charge is 0.330 e. The number of nitrogens with one attached hydrogen (secondary N) is 1. The Morgan fingerprint density at radius 1 is 1.27 bits per heavy atom. The van der Waals surface area contributed by atoms with E-state index < -0.39 is 10.0 Å². The molecule has 7 heteroatoms. The molecule has 1 heterocycles. The van der Waals surface area contributed by atoms with Crippen LogP contribution in [0.15, 0.2) is 30.3 Å². The van der Waals surface area contributed by atoms with Crippen molar-refractivity contribution < 1.29 is 8.42 Å². The van der Waals surface area contributed by atoms with Crippen LogP contribution in [-0.2, 0) is 10.0 Å². The highest BCUT2D eigenvalue weighted by molar-refractivity contribution is 7.89. The number of hydrogen-bond acceptors (Lipinski definition) is 4. The highest BCUT2D eigenvalue weighted by Crippen LogP contribution is 2.31. The molecule has 2 atom stereocenters. The van der Waals surface area contributed by atoms with Gasteiger partial charge in [0.1, 0.15) is 0 Å². The van der Waals surface area contributed by atoms with Crippen LogP contribution < -0.4 is 10.5 Å². The van der Waals surface area contributed by atoms with E-state index in [4.69, 9.17) is 5.73 Å². The zero-order valence-electron chi connectivity index (χ0n) is 12.9. The molecule has 0 unspecified atom stereocenters. The molecule has 126 valence electrons. The van der Waals surface area contributed by atoms with Crippen molar-refractivity contribution in [3.05, 3.63) is 35.9 Å². The Bertz CT molecular complexity index is 539. The van der Waals surface area contributed by atoms with E-state index in [9.17, 15) is 8.42 Å². The first kappa shape index (κ1) is 19.4. The molecule has 0 radical (unpaired) electrons. The first-order valence-electron chi connectivity index (χ1n) is 7.50. The highest BCUT2D eigenvalue weighted by atomic mass is 35.5. The monoisotopic (exact) mass is 347 g/mol. The van der Waals surface area contributed by atoms with Crippen LogP contribution in [-0.4, -0.2) is 51.8 Å². The van der Waals surface area contributed by atoms with E-state index >= 15 is 0 Å². The summed E-state index contributed by atoms with van der Waals surface area (Å²) in [5.74, 6) is 1.01. The normalized spacial score (nSPS) is 22.5. The standard InChI is InChI=1S/C15H25N3O2S.ClH/c1-2-21(19,20)17-8-9-18-11-14(10-16)15(12-18)13-6-4-3-5-7-13;/h3-7,14-15,17H,2,8-12,16H2,1H3;1H/t14-,15+;/m1./s1. The summed E-state index contributed by atoms with van der Waals surface area (Å²) in [7, 11) is -3.10. The van der Waals surface area contributed by atoms with E-state index in [0.717, 1.165) is 19.6 Å². The number of likely N-dealkylation sites (tertiary alicyclic amines) is 1. The van der Waals surface area contributed by atoms with Gasteiger partial charge in [0.2, 0.25) is 10.0 Å². The number of nitrogens with two attached hydrogens (primary N) is 1. The van der Waals surface area contributed by atoms with Crippen molar-refractivity contribution in [2.75, 3.05) is 38.5 Å². The van der Waals surface area contributed by atoms with Crippen LogP contribution in [0.3, 0.4) is 0 Å². The maximum atomic E-state index is 11.4. The second-order valence-electron chi connectivity index (χ2n) is 5.57. The maximum absolute atomic E-state index is 11.4. The molecule has 0 aliphatic carbocycles. The number of sulfonamides is 1. The van der Waals surface area contributed by atoms with Crippen molar-refractivity contribution in [1.29, 1.82) is 0 Å². The molecular weight excluding hydrogens is 322 g/mol. The van der Waals surface area contributed by atoms with Crippen LogP contribution in [0, 0.1) is 5.92 Å². The molecule has 0 saturated carbocycles. The fourth-order valence-corrected chi connectivity index (χ4v) is 3.53. The second-order valence-corrected chi connectivity index (χ2v) is 7.67. The zero-order chi connectivity index (χ0) is 15.3. The third-order valence-corrected chi connectivity index (χ3v) is 5.58. The number of hydrogen-bond donors (Lipinski definition) is 2. The molecule has 1 saturated heterocycles. The Morgan fingerprint density at radius 3 is 2.55 bits per heavy atom. The highest BCUT2D eigenvalue weighted by Gasteiger charge is 2.32. The van der Waals surface area contributed by atoms with Gasteiger partial charge in [0.15, 0.2) is 0 Å². The van der Waals surface area contributed by atoms with Gasteiger partial charge in [0.25, 0.3) is 0 Å². The summed E-state index contributed by atoms with van der Waals surface area (Å²) in [6, 6.07) is 10.4. The minimum absolute atomic E-state index is 0. The SMILES string of the molecule is CCS(=O)(=O)NCCN1C[C@@H](CN)[C@H](c2ccccc2)C1.Cl. The number of benzene rings is 1. The molecule has 1 fully saturated rings. The minimum atomic E-state index is -3.10. The van der Waals surface area contributed by atoms with Crippen LogP contribution in [0.5, 0.6) is 0 Å². The molecule has 3 N–H and O–H groups in total. The van der Waals surface area contributed by atoms with Gasteiger partial charge >= 0.3 is 0 Å². The van der Waals surface area contributed by atoms with Crippen molar-refractivity contribution in [2.45, 2.75) is 12.8 Å². The van der Waals surface area contributed by atoms with Crippen molar-refractivity contribution >= 4 is 22.4 Å². The number of nitrogens with zero attached hydrogens (tertiary/aromatic N) is 1. The van der Waals surface area contributed by atoms with Gasteiger partial charge in [-0.2, -0.15) is 0 Å². The summed E-state index contributed by atoms with van der Waals surface area (Å²) in [5, 5.41) is 0. The lowest BCUT2D eigenvalue weighted by molar-refractivity contribution is 0.329. The molecule has 0 aromatic heterocycles. The molecule has 22 heavy (non-hydrogen) atoms. The van der Waals surface area contributed by atoms with E-state index in [1.807, 2.05) is 6.07 Å². The summed E-state index contributed by atoms with van der Waals surface area (Å²) < 4.78 is 25.5. The Kier molecular flexibility index (Phi) is 7.79. The predicted octanol–water partition coefficient (Wildman–Crippen LogP) is 1.02.